The molecule has 0 aromatic carbocycles. The van der Waals surface area contributed by atoms with Crippen molar-refractivity contribution in [1.29, 1.82) is 0 Å². The minimum atomic E-state index is -0.00352. The normalized spacial score (nSPS) is 31.0. The highest BCUT2D eigenvalue weighted by Gasteiger charge is 2.39. The first-order valence-corrected chi connectivity index (χ1v) is 9.41. The Hall–Kier alpha value is -1.44. The maximum Gasteiger partial charge on any atom is 0.114 e. The molecular weight excluding hydrogens is 308 g/mol. The van der Waals surface area contributed by atoms with E-state index in [2.05, 4.69) is 67.5 Å². The first-order valence-electron chi connectivity index (χ1n) is 9.41. The summed E-state index contributed by atoms with van der Waals surface area (Å²) in [5.74, 6) is 0.719. The summed E-state index contributed by atoms with van der Waals surface area (Å²) in [4.78, 5) is 0. The minimum absolute atomic E-state index is 0.00352. The van der Waals surface area contributed by atoms with Crippen molar-refractivity contribution in [3.05, 3.63) is 47.0 Å². The second-order valence-electron chi connectivity index (χ2n) is 10.4. The Balaban J connectivity index is 2.39. The van der Waals surface area contributed by atoms with Gasteiger partial charge in [0.15, 0.2) is 0 Å². The van der Waals surface area contributed by atoms with Crippen LogP contribution < -0.4 is 0 Å². The van der Waals surface area contributed by atoms with Crippen molar-refractivity contribution in [1.82, 2.24) is 0 Å². The van der Waals surface area contributed by atoms with E-state index in [1.54, 1.807) is 0 Å². The van der Waals surface area contributed by atoms with Gasteiger partial charge in [-0.15, -0.1) is 0 Å². The van der Waals surface area contributed by atoms with Crippen LogP contribution >= 0.6 is 0 Å². The van der Waals surface area contributed by atoms with Crippen LogP contribution in [0.3, 0.4) is 0 Å². The summed E-state index contributed by atoms with van der Waals surface area (Å²) in [6, 6.07) is 0. The number of rotatable bonds is 2. The van der Waals surface area contributed by atoms with Crippen LogP contribution in [0.5, 0.6) is 0 Å². The Kier molecular flexibility index (Phi) is 4.83. The Labute approximate surface area is 154 Å². The molecule has 0 aromatic heterocycles. The van der Waals surface area contributed by atoms with Crippen LogP contribution in [0.2, 0.25) is 0 Å². The number of allylic oxidation sites excluding steroid dienone is 6. The topological polar surface area (TPSA) is 40.5 Å². The number of aliphatic hydroxyl groups is 2. The third-order valence-electron chi connectivity index (χ3n) is 6.89. The molecule has 2 heteroatoms. The molecule has 0 aliphatic heterocycles. The van der Waals surface area contributed by atoms with Gasteiger partial charge in [-0.3, -0.25) is 0 Å². The lowest BCUT2D eigenvalue weighted by Crippen LogP contribution is -2.33. The van der Waals surface area contributed by atoms with Gasteiger partial charge < -0.3 is 10.2 Å². The Morgan fingerprint density at radius 3 is 1.36 bits per heavy atom. The summed E-state index contributed by atoms with van der Waals surface area (Å²) in [7, 11) is 0. The molecule has 2 atom stereocenters. The summed E-state index contributed by atoms with van der Waals surface area (Å²) >= 11 is 0. The zero-order valence-corrected chi connectivity index (χ0v) is 17.3. The molecule has 0 bridgehead atoms. The van der Waals surface area contributed by atoms with E-state index in [1.807, 2.05) is 12.2 Å². The molecule has 0 radical (unpaired) electrons. The van der Waals surface area contributed by atoms with Crippen molar-refractivity contribution >= 4 is 0 Å². The van der Waals surface area contributed by atoms with Crippen molar-refractivity contribution in [2.45, 2.75) is 74.7 Å². The van der Waals surface area contributed by atoms with E-state index in [0.717, 1.165) is 24.0 Å². The molecule has 25 heavy (non-hydrogen) atoms. The molecule has 0 saturated heterocycles. The van der Waals surface area contributed by atoms with E-state index < -0.39 is 0 Å². The third kappa shape index (κ3) is 3.73. The predicted octanol–water partition coefficient (Wildman–Crippen LogP) is 7.03. The van der Waals surface area contributed by atoms with Crippen LogP contribution in [0.25, 0.3) is 0 Å². The van der Waals surface area contributed by atoms with Crippen LogP contribution in [0.4, 0.5) is 0 Å². The summed E-state index contributed by atoms with van der Waals surface area (Å²) < 4.78 is 0. The highest BCUT2D eigenvalue weighted by molar-refractivity contribution is 5.42. The fraction of sp³-hybridized carbons (Fsp3) is 0.652. The van der Waals surface area contributed by atoms with Crippen LogP contribution in [-0.2, 0) is 0 Å². The zero-order chi connectivity index (χ0) is 19.3. The van der Waals surface area contributed by atoms with Crippen molar-refractivity contribution in [3.8, 4) is 0 Å². The van der Waals surface area contributed by atoms with Crippen molar-refractivity contribution in [3.63, 3.8) is 0 Å². The molecule has 0 aromatic rings. The highest BCUT2D eigenvalue weighted by Crippen LogP contribution is 2.50. The van der Waals surface area contributed by atoms with E-state index in [4.69, 9.17) is 0 Å². The highest BCUT2D eigenvalue weighted by atomic mass is 16.3. The van der Waals surface area contributed by atoms with Gasteiger partial charge in [-0.2, -0.15) is 0 Å². The molecular formula is C23H36O2. The molecule has 0 heterocycles. The molecule has 2 aliphatic carbocycles. The summed E-state index contributed by atoms with van der Waals surface area (Å²) in [5, 5.41) is 20.9. The first kappa shape index (κ1) is 19.9. The van der Waals surface area contributed by atoms with Gasteiger partial charge >= 0.3 is 0 Å². The van der Waals surface area contributed by atoms with Gasteiger partial charge in [0.2, 0.25) is 0 Å². The maximum atomic E-state index is 10.4. The lowest BCUT2D eigenvalue weighted by atomic mass is 9.62. The second kappa shape index (κ2) is 6.07. The fourth-order valence-corrected chi connectivity index (χ4v) is 3.45. The Bertz CT molecular complexity index is 603. The monoisotopic (exact) mass is 344 g/mol. The van der Waals surface area contributed by atoms with Gasteiger partial charge in [0.05, 0.1) is 0 Å². The molecule has 2 aliphatic rings. The van der Waals surface area contributed by atoms with E-state index in [9.17, 15) is 10.2 Å². The third-order valence-corrected chi connectivity index (χ3v) is 6.89. The molecule has 140 valence electrons. The lowest BCUT2D eigenvalue weighted by Gasteiger charge is -2.43. The molecule has 2 unspecified atom stereocenters. The molecule has 0 spiro atoms. The van der Waals surface area contributed by atoms with Gasteiger partial charge in [0, 0.05) is 6.42 Å². The average molecular weight is 345 g/mol. The van der Waals surface area contributed by atoms with E-state index >= 15 is 0 Å². The van der Waals surface area contributed by atoms with Gasteiger partial charge in [-0.05, 0) is 57.8 Å². The van der Waals surface area contributed by atoms with E-state index in [1.165, 1.54) is 0 Å². The van der Waals surface area contributed by atoms with Crippen LogP contribution in [0.1, 0.15) is 74.7 Å². The van der Waals surface area contributed by atoms with Crippen molar-refractivity contribution in [2.75, 3.05) is 0 Å². The molecule has 2 nitrogen and oxygen atoms in total. The lowest BCUT2D eigenvalue weighted by molar-refractivity contribution is 0.162. The standard InChI is InChI=1S/C23H36O2/c1-20(2,3)22(7)11-9-18(24)16(14-22)13-17-15-23(8,21(4,5)6)12-10-19(17)25/h9-10,14-15,24-25H,11-13H2,1-8H3. The average Bonchev–Trinajstić information content (AvgIpc) is 2.44. The quantitative estimate of drug-likeness (QED) is 0.564. The van der Waals surface area contributed by atoms with E-state index in [0.29, 0.717) is 17.9 Å². The number of aliphatic hydroxyl groups excluding tert-OH is 2. The molecule has 2 rings (SSSR count). The van der Waals surface area contributed by atoms with Gasteiger partial charge in [0.25, 0.3) is 0 Å². The van der Waals surface area contributed by atoms with Crippen molar-refractivity contribution in [2.24, 2.45) is 21.7 Å². The smallest absolute Gasteiger partial charge is 0.114 e. The molecule has 0 amide bonds. The van der Waals surface area contributed by atoms with Crippen LogP contribution in [-0.4, -0.2) is 10.2 Å². The predicted molar refractivity (Wildman–Crippen MR) is 107 cm³/mol. The fourth-order valence-electron chi connectivity index (χ4n) is 3.45. The summed E-state index contributed by atoms with van der Waals surface area (Å²) in [5.41, 5.74) is 2.05. The molecule has 0 fully saturated rings. The summed E-state index contributed by atoms with van der Waals surface area (Å²) in [6.07, 6.45) is 10.6. The second-order valence-corrected chi connectivity index (χ2v) is 10.4. The zero-order valence-electron chi connectivity index (χ0n) is 17.3. The Morgan fingerprint density at radius 2 is 1.08 bits per heavy atom. The van der Waals surface area contributed by atoms with Crippen LogP contribution in [0, 0.1) is 21.7 Å². The molecule has 0 saturated carbocycles. The number of hydrogen-bond donors (Lipinski definition) is 2. The van der Waals surface area contributed by atoms with Gasteiger partial charge in [0.1, 0.15) is 11.5 Å². The Morgan fingerprint density at radius 1 is 0.760 bits per heavy atom. The largest absolute Gasteiger partial charge is 0.508 e. The maximum absolute atomic E-state index is 10.4. The minimum Gasteiger partial charge on any atom is -0.508 e. The SMILES string of the molecule is CC(C)(C)C1(C)C=C(CC2=CC(C)(C(C)(C)C)CC=C2O)C(O)=CC1. The van der Waals surface area contributed by atoms with Crippen LogP contribution in [0.15, 0.2) is 47.0 Å². The number of hydrogen-bond acceptors (Lipinski definition) is 2. The van der Waals surface area contributed by atoms with E-state index in [-0.39, 0.29) is 21.7 Å². The van der Waals surface area contributed by atoms with Crippen molar-refractivity contribution < 1.29 is 10.2 Å². The van der Waals surface area contributed by atoms with Gasteiger partial charge in [-0.1, -0.05) is 67.5 Å². The molecule has 2 N–H and O–H groups in total. The first-order chi connectivity index (χ1) is 11.2. The van der Waals surface area contributed by atoms with Gasteiger partial charge in [-0.25, -0.2) is 0 Å². The summed E-state index contributed by atoms with van der Waals surface area (Å²) in [6.45, 7) is 17.9.